The maximum atomic E-state index is 11.2. The summed E-state index contributed by atoms with van der Waals surface area (Å²) < 4.78 is 14.1. The van der Waals surface area contributed by atoms with Crippen LogP contribution in [0.5, 0.6) is 0 Å². The fourth-order valence-corrected chi connectivity index (χ4v) is 1.46. The molecule has 9 heteroatoms. The number of carboxylic acid groups (broad SMARTS) is 2. The van der Waals surface area contributed by atoms with Crippen molar-refractivity contribution < 1.29 is 38.6 Å². The lowest BCUT2D eigenvalue weighted by Crippen LogP contribution is -2.46. The first-order valence-corrected chi connectivity index (χ1v) is 5.47. The van der Waals surface area contributed by atoms with Gasteiger partial charge >= 0.3 is 26.2 Å². The van der Waals surface area contributed by atoms with Gasteiger partial charge in [0.2, 0.25) is 0 Å². The summed E-state index contributed by atoms with van der Waals surface area (Å²) in [6.07, 6.45) is -0.439. The summed E-state index contributed by atoms with van der Waals surface area (Å²) in [6.45, 7) is 1.47. The standard InChI is InChI=1S/C7H11O8P/c1-2-3-7(4(8)9,5(10)11)6(12)15-16(13)14/h16H,2-3H2,1H3,(H,8,9)(H,10,11)(H,13,14). The lowest BCUT2D eigenvalue weighted by molar-refractivity contribution is -0.174. The monoisotopic (exact) mass is 254 g/mol. The van der Waals surface area contributed by atoms with Gasteiger partial charge in [-0.15, -0.1) is 0 Å². The summed E-state index contributed by atoms with van der Waals surface area (Å²) in [5.74, 6) is -5.58. The minimum atomic E-state index is -3.73. The molecule has 0 aliphatic heterocycles. The highest BCUT2D eigenvalue weighted by Gasteiger charge is 2.55. The molecule has 0 saturated heterocycles. The molecule has 0 spiro atoms. The Bertz CT molecular complexity index is 321. The van der Waals surface area contributed by atoms with E-state index >= 15 is 0 Å². The summed E-state index contributed by atoms with van der Waals surface area (Å²) in [5.41, 5.74) is -2.82. The summed E-state index contributed by atoms with van der Waals surface area (Å²) in [6, 6.07) is 0. The molecule has 0 aromatic heterocycles. The molecule has 0 fully saturated rings. The van der Waals surface area contributed by atoms with Crippen molar-refractivity contribution in [2.45, 2.75) is 19.8 Å². The molecule has 3 N–H and O–H groups in total. The molecular weight excluding hydrogens is 243 g/mol. The van der Waals surface area contributed by atoms with Crippen LogP contribution in [0.3, 0.4) is 0 Å². The number of carbonyl (C=O) groups is 3. The molecular formula is C7H11O8P. The minimum absolute atomic E-state index is 0.0834. The van der Waals surface area contributed by atoms with Gasteiger partial charge in [-0.05, 0) is 6.42 Å². The molecule has 8 nitrogen and oxygen atoms in total. The Morgan fingerprint density at radius 3 is 1.94 bits per heavy atom. The van der Waals surface area contributed by atoms with Crippen LogP contribution in [0, 0.1) is 5.41 Å². The molecule has 0 heterocycles. The number of rotatable bonds is 6. The molecule has 0 rings (SSSR count). The second kappa shape index (κ2) is 5.62. The predicted octanol–water partition coefficient (Wildman–Crippen LogP) is -0.133. The second-order valence-electron chi connectivity index (χ2n) is 2.92. The van der Waals surface area contributed by atoms with E-state index in [1.54, 1.807) is 0 Å². The highest BCUT2D eigenvalue weighted by atomic mass is 31.1. The zero-order valence-electron chi connectivity index (χ0n) is 8.30. The Morgan fingerprint density at radius 1 is 1.25 bits per heavy atom. The van der Waals surface area contributed by atoms with Crippen molar-refractivity contribution in [2.24, 2.45) is 5.41 Å². The molecule has 0 aliphatic carbocycles. The molecule has 0 aromatic rings. The minimum Gasteiger partial charge on any atom is -0.480 e. The van der Waals surface area contributed by atoms with Gasteiger partial charge in [-0.25, -0.2) is 9.36 Å². The van der Waals surface area contributed by atoms with Crippen molar-refractivity contribution in [1.82, 2.24) is 0 Å². The van der Waals surface area contributed by atoms with Gasteiger partial charge in [-0.3, -0.25) is 9.59 Å². The zero-order chi connectivity index (χ0) is 12.9. The van der Waals surface area contributed by atoms with Crippen LogP contribution in [0.1, 0.15) is 19.8 Å². The first-order valence-electron chi connectivity index (χ1n) is 4.21. The van der Waals surface area contributed by atoms with E-state index in [2.05, 4.69) is 4.52 Å². The highest BCUT2D eigenvalue weighted by Crippen LogP contribution is 2.31. The van der Waals surface area contributed by atoms with Gasteiger partial charge in [0.1, 0.15) is 0 Å². The van der Waals surface area contributed by atoms with Gasteiger partial charge in [0.05, 0.1) is 0 Å². The van der Waals surface area contributed by atoms with Gasteiger partial charge < -0.3 is 19.6 Å². The lowest BCUT2D eigenvalue weighted by Gasteiger charge is -2.21. The van der Waals surface area contributed by atoms with E-state index < -0.39 is 38.0 Å². The third kappa shape index (κ3) is 2.80. The van der Waals surface area contributed by atoms with Crippen molar-refractivity contribution in [1.29, 1.82) is 0 Å². The lowest BCUT2D eigenvalue weighted by atomic mass is 9.83. The van der Waals surface area contributed by atoms with Crippen LogP contribution in [0.25, 0.3) is 0 Å². The quantitative estimate of drug-likeness (QED) is 0.440. The van der Waals surface area contributed by atoms with E-state index in [1.165, 1.54) is 6.92 Å². The number of carboxylic acids is 2. The van der Waals surface area contributed by atoms with Crippen molar-refractivity contribution in [3.8, 4) is 0 Å². The zero-order valence-corrected chi connectivity index (χ0v) is 9.30. The van der Waals surface area contributed by atoms with Crippen LogP contribution in [-0.2, 0) is 23.5 Å². The van der Waals surface area contributed by atoms with E-state index in [1.807, 2.05) is 0 Å². The van der Waals surface area contributed by atoms with Crippen LogP contribution < -0.4 is 0 Å². The normalized spacial score (nSPS) is 12.9. The van der Waals surface area contributed by atoms with E-state index in [0.29, 0.717) is 0 Å². The molecule has 0 radical (unpaired) electrons. The van der Waals surface area contributed by atoms with E-state index in [9.17, 15) is 18.9 Å². The summed E-state index contributed by atoms with van der Waals surface area (Å²) in [5, 5.41) is 17.5. The van der Waals surface area contributed by atoms with E-state index in [0.717, 1.165) is 0 Å². The Balaban J connectivity index is 5.34. The molecule has 1 atom stereocenters. The third-order valence-corrected chi connectivity index (χ3v) is 2.24. The van der Waals surface area contributed by atoms with E-state index in [4.69, 9.17) is 15.1 Å². The molecule has 1 unspecified atom stereocenters. The van der Waals surface area contributed by atoms with Crippen LogP contribution in [-0.4, -0.2) is 33.0 Å². The Morgan fingerprint density at radius 2 is 1.69 bits per heavy atom. The molecule has 0 aromatic carbocycles. The largest absolute Gasteiger partial charge is 0.480 e. The van der Waals surface area contributed by atoms with Crippen LogP contribution in [0.15, 0.2) is 0 Å². The van der Waals surface area contributed by atoms with Crippen LogP contribution in [0.4, 0.5) is 0 Å². The SMILES string of the molecule is CCCC(C(=O)O)(C(=O)O)C(=O)O[PH](=O)O. The third-order valence-electron chi connectivity index (χ3n) is 1.88. The van der Waals surface area contributed by atoms with Crippen molar-refractivity contribution in [3.63, 3.8) is 0 Å². The van der Waals surface area contributed by atoms with Crippen LogP contribution >= 0.6 is 8.25 Å². The van der Waals surface area contributed by atoms with Gasteiger partial charge in [0, 0.05) is 0 Å². The Hall–Kier alpha value is -1.40. The molecule has 0 amide bonds. The molecule has 92 valence electrons. The fourth-order valence-electron chi connectivity index (χ4n) is 1.12. The molecule has 16 heavy (non-hydrogen) atoms. The topological polar surface area (TPSA) is 138 Å². The van der Waals surface area contributed by atoms with Gasteiger partial charge in [0.15, 0.2) is 0 Å². The maximum absolute atomic E-state index is 11.2. The fraction of sp³-hybridized carbons (Fsp3) is 0.571. The summed E-state index contributed by atoms with van der Waals surface area (Å²) in [4.78, 5) is 41.2. The predicted molar refractivity (Wildman–Crippen MR) is 49.9 cm³/mol. The Labute approximate surface area is 90.8 Å². The maximum Gasteiger partial charge on any atom is 0.367 e. The van der Waals surface area contributed by atoms with Crippen molar-refractivity contribution >= 4 is 26.2 Å². The van der Waals surface area contributed by atoms with E-state index in [-0.39, 0.29) is 6.42 Å². The van der Waals surface area contributed by atoms with Crippen LogP contribution in [0.2, 0.25) is 0 Å². The first kappa shape index (κ1) is 14.6. The smallest absolute Gasteiger partial charge is 0.367 e. The number of hydrogen-bond donors (Lipinski definition) is 3. The average molecular weight is 254 g/mol. The molecule has 0 bridgehead atoms. The molecule has 0 aliphatic rings. The van der Waals surface area contributed by atoms with Crippen molar-refractivity contribution in [2.75, 3.05) is 0 Å². The highest BCUT2D eigenvalue weighted by molar-refractivity contribution is 7.32. The number of carbonyl (C=O) groups excluding carboxylic acids is 1. The van der Waals surface area contributed by atoms with Gasteiger partial charge in [-0.1, -0.05) is 13.3 Å². The second-order valence-corrected chi connectivity index (χ2v) is 3.66. The van der Waals surface area contributed by atoms with Gasteiger partial charge in [0.25, 0.3) is 5.41 Å². The summed E-state index contributed by atoms with van der Waals surface area (Å²) >= 11 is 0. The molecule has 0 saturated carbocycles. The number of aliphatic carboxylic acids is 2. The average Bonchev–Trinajstić information content (AvgIpc) is 2.11. The van der Waals surface area contributed by atoms with Gasteiger partial charge in [-0.2, -0.15) is 0 Å². The first-order chi connectivity index (χ1) is 7.28. The summed E-state index contributed by atoms with van der Waals surface area (Å²) in [7, 11) is -3.73. The Kier molecular flexibility index (Phi) is 5.13. The van der Waals surface area contributed by atoms with Crippen molar-refractivity contribution in [3.05, 3.63) is 0 Å². The number of hydrogen-bond acceptors (Lipinski definition) is 5.